The molecule has 0 amide bonds. The summed E-state index contributed by atoms with van der Waals surface area (Å²) < 4.78 is 12.9. The van der Waals surface area contributed by atoms with Crippen LogP contribution in [0, 0.1) is 0 Å². The molecule has 0 radical (unpaired) electrons. The molecule has 0 aromatic heterocycles. The fourth-order valence-corrected chi connectivity index (χ4v) is 6.38. The zero-order valence-corrected chi connectivity index (χ0v) is 25.2. The summed E-state index contributed by atoms with van der Waals surface area (Å²) in [4.78, 5) is 35.7. The van der Waals surface area contributed by atoms with Gasteiger partial charge in [-0.1, -0.05) is 142 Å². The van der Waals surface area contributed by atoms with E-state index < -0.39 is 30.6 Å². The van der Waals surface area contributed by atoms with Crippen molar-refractivity contribution in [2.24, 2.45) is 5.73 Å². The normalized spacial score (nSPS) is 14.8. The molecule has 0 aromatic carbocycles. The molecule has 220 valence electrons. The summed E-state index contributed by atoms with van der Waals surface area (Å²) in [6.45, 7) is 3.45. The topological polar surface area (TPSA) is 118 Å². The van der Waals surface area contributed by atoms with Crippen LogP contribution in [0.1, 0.15) is 168 Å². The van der Waals surface area contributed by atoms with Gasteiger partial charge in [0.25, 0.3) is 7.37 Å². The number of carbonyl (C=O) groups is 2. The molecule has 0 aliphatic rings. The van der Waals surface area contributed by atoms with E-state index in [2.05, 4.69) is 13.8 Å². The van der Waals surface area contributed by atoms with Gasteiger partial charge in [0.2, 0.25) is 5.52 Å². The lowest BCUT2D eigenvalue weighted by Crippen LogP contribution is -2.52. The maximum atomic E-state index is 12.9. The average Bonchev–Trinajstić information content (AvgIpc) is 2.89. The van der Waals surface area contributed by atoms with Crippen molar-refractivity contribution in [2.45, 2.75) is 173 Å². The highest BCUT2D eigenvalue weighted by Gasteiger charge is 2.53. The van der Waals surface area contributed by atoms with Crippen molar-refractivity contribution in [3.05, 3.63) is 0 Å². The lowest BCUT2D eigenvalue weighted by atomic mass is 10.0. The zero-order valence-electron chi connectivity index (χ0n) is 24.3. The van der Waals surface area contributed by atoms with E-state index in [9.17, 15) is 24.2 Å². The highest BCUT2D eigenvalue weighted by Crippen LogP contribution is 2.54. The molecule has 0 saturated carbocycles. The maximum absolute atomic E-state index is 12.9. The molecule has 2 atom stereocenters. The van der Waals surface area contributed by atoms with E-state index >= 15 is 0 Å². The van der Waals surface area contributed by atoms with Crippen molar-refractivity contribution in [1.29, 1.82) is 0 Å². The Morgan fingerprint density at radius 1 is 0.595 bits per heavy atom. The van der Waals surface area contributed by atoms with E-state index in [1.807, 2.05) is 0 Å². The quantitative estimate of drug-likeness (QED) is 0.0671. The highest BCUT2D eigenvalue weighted by molar-refractivity contribution is 7.77. The number of rotatable bonds is 28. The number of hydrogen-bond donors (Lipinski definition) is 3. The van der Waals surface area contributed by atoms with Gasteiger partial charge in [-0.15, -0.1) is 0 Å². The van der Waals surface area contributed by atoms with E-state index in [-0.39, 0.29) is 12.8 Å². The van der Waals surface area contributed by atoms with Gasteiger partial charge in [-0.2, -0.15) is 0 Å². The van der Waals surface area contributed by atoms with Crippen molar-refractivity contribution in [1.82, 2.24) is 0 Å². The number of aliphatic hydroxyl groups is 1. The van der Waals surface area contributed by atoms with E-state index in [1.54, 1.807) is 0 Å². The molecule has 0 heterocycles. The smallest absolute Gasteiger partial charge is 0.293 e. The van der Waals surface area contributed by atoms with Gasteiger partial charge in [0.05, 0.1) is 6.61 Å². The molecule has 0 aliphatic carbocycles. The summed E-state index contributed by atoms with van der Waals surface area (Å²) in [7, 11) is -4.68. The van der Waals surface area contributed by atoms with Gasteiger partial charge in [0, 0.05) is 12.8 Å². The Morgan fingerprint density at radius 3 is 1.22 bits per heavy atom. The SMILES string of the molecule is CCCCCCCCCCCCCC(=O)C(N)(CO)P(=O)(O)C(=O)CCCCCCCCCCCCC. The van der Waals surface area contributed by atoms with Gasteiger partial charge in [0.15, 0.2) is 11.1 Å². The molecule has 0 saturated heterocycles. The Hall–Kier alpha value is -0.550. The predicted octanol–water partition coefficient (Wildman–Crippen LogP) is 8.40. The summed E-state index contributed by atoms with van der Waals surface area (Å²) in [6.07, 6.45) is 24.7. The third-order valence-corrected chi connectivity index (χ3v) is 9.98. The molecular formula is C30H60NO5P. The van der Waals surface area contributed by atoms with Crippen LogP contribution < -0.4 is 5.73 Å². The van der Waals surface area contributed by atoms with Crippen molar-refractivity contribution in [3.8, 4) is 0 Å². The Morgan fingerprint density at radius 2 is 0.892 bits per heavy atom. The first-order chi connectivity index (χ1) is 17.8. The van der Waals surface area contributed by atoms with Crippen LogP contribution >= 0.6 is 7.37 Å². The third kappa shape index (κ3) is 16.2. The standard InChI is InChI=1S/C30H60NO5P/c1-3-5-7-9-11-13-15-17-19-21-23-25-28(33)30(31,27-32)37(35,36)29(34)26-24-22-20-18-16-14-12-10-8-6-4-2/h32H,3-27,31H2,1-2H3,(H,35,36). The first-order valence-corrected chi connectivity index (χ1v) is 17.2. The van der Waals surface area contributed by atoms with Crippen molar-refractivity contribution < 1.29 is 24.2 Å². The zero-order chi connectivity index (χ0) is 27.8. The second-order valence-corrected chi connectivity index (χ2v) is 13.5. The fraction of sp³-hybridized carbons (Fsp3) is 0.933. The third-order valence-electron chi connectivity index (χ3n) is 7.60. The molecule has 0 spiro atoms. The molecule has 7 heteroatoms. The molecule has 0 bridgehead atoms. The second kappa shape index (κ2) is 23.3. The molecule has 37 heavy (non-hydrogen) atoms. The Balaban J connectivity index is 4.14. The molecule has 2 unspecified atom stereocenters. The summed E-state index contributed by atoms with van der Waals surface area (Å²) in [5, 5.41) is 7.37. The number of nitrogens with two attached hydrogens (primary N) is 1. The largest absolute Gasteiger partial charge is 0.393 e. The molecule has 4 N–H and O–H groups in total. The van der Waals surface area contributed by atoms with Crippen molar-refractivity contribution in [2.75, 3.05) is 6.61 Å². The second-order valence-electron chi connectivity index (χ2n) is 11.0. The van der Waals surface area contributed by atoms with Gasteiger partial charge in [-0.3, -0.25) is 14.2 Å². The van der Waals surface area contributed by atoms with Crippen LogP contribution in [0.4, 0.5) is 0 Å². The summed E-state index contributed by atoms with van der Waals surface area (Å²) in [5.74, 6) is -0.677. The maximum Gasteiger partial charge on any atom is 0.293 e. The van der Waals surface area contributed by atoms with E-state index in [0.29, 0.717) is 12.8 Å². The molecule has 0 fully saturated rings. The number of unbranched alkanes of at least 4 members (excludes halogenated alkanes) is 20. The lowest BCUT2D eigenvalue weighted by molar-refractivity contribution is -0.124. The van der Waals surface area contributed by atoms with E-state index in [4.69, 9.17) is 5.73 Å². The molecule has 0 rings (SSSR count). The fourth-order valence-electron chi connectivity index (χ4n) is 4.83. The van der Waals surface area contributed by atoms with Crippen molar-refractivity contribution >= 4 is 18.7 Å². The number of hydrogen-bond acceptors (Lipinski definition) is 5. The number of Topliss-reactive ketones (excluding diaryl/α,β-unsaturated/α-hetero) is 1. The minimum atomic E-state index is -4.68. The van der Waals surface area contributed by atoms with Crippen LogP contribution in [0.3, 0.4) is 0 Å². The van der Waals surface area contributed by atoms with Gasteiger partial charge < -0.3 is 15.7 Å². The average molecular weight is 546 g/mol. The molecule has 0 aliphatic heterocycles. The van der Waals surface area contributed by atoms with E-state index in [1.165, 1.54) is 89.9 Å². The highest BCUT2D eigenvalue weighted by atomic mass is 31.2. The Bertz CT molecular complexity index is 627. The number of aliphatic hydroxyl groups excluding tert-OH is 1. The Labute approximate surface area is 228 Å². The van der Waals surface area contributed by atoms with Crippen LogP contribution in [0.25, 0.3) is 0 Å². The summed E-state index contributed by atoms with van der Waals surface area (Å²) >= 11 is 0. The lowest BCUT2D eigenvalue weighted by Gasteiger charge is -2.29. The number of carbonyl (C=O) groups excluding carboxylic acids is 2. The van der Waals surface area contributed by atoms with Gasteiger partial charge in [-0.25, -0.2) is 0 Å². The number of ketones is 1. The predicted molar refractivity (Wildman–Crippen MR) is 156 cm³/mol. The van der Waals surface area contributed by atoms with Crippen molar-refractivity contribution in [3.63, 3.8) is 0 Å². The molecule has 0 aromatic rings. The van der Waals surface area contributed by atoms with Crippen LogP contribution in [0.2, 0.25) is 0 Å². The first-order valence-electron chi connectivity index (χ1n) is 15.6. The van der Waals surface area contributed by atoms with Crippen LogP contribution in [-0.4, -0.2) is 33.2 Å². The minimum Gasteiger partial charge on any atom is -0.393 e. The van der Waals surface area contributed by atoms with Gasteiger partial charge in [0.1, 0.15) is 0 Å². The Kier molecular flexibility index (Phi) is 23.0. The van der Waals surface area contributed by atoms with Crippen LogP contribution in [0.5, 0.6) is 0 Å². The molecule has 6 nitrogen and oxygen atoms in total. The van der Waals surface area contributed by atoms with E-state index in [0.717, 1.165) is 38.5 Å². The minimum absolute atomic E-state index is 0.0182. The summed E-state index contributed by atoms with van der Waals surface area (Å²) in [6, 6.07) is 0. The van der Waals surface area contributed by atoms with Gasteiger partial charge >= 0.3 is 0 Å². The van der Waals surface area contributed by atoms with Crippen LogP contribution in [0.15, 0.2) is 0 Å². The summed E-state index contributed by atoms with van der Waals surface area (Å²) in [5.41, 5.74) is 5.06. The first kappa shape index (κ1) is 36.5. The van der Waals surface area contributed by atoms with Gasteiger partial charge in [-0.05, 0) is 12.8 Å². The molecular weight excluding hydrogens is 485 g/mol. The van der Waals surface area contributed by atoms with Crippen LogP contribution in [-0.2, 0) is 14.2 Å². The monoisotopic (exact) mass is 545 g/mol.